The lowest BCUT2D eigenvalue weighted by Gasteiger charge is -2.18. The fourth-order valence-electron chi connectivity index (χ4n) is 3.48. The van der Waals surface area contributed by atoms with Crippen LogP contribution in [-0.2, 0) is 22.4 Å². The van der Waals surface area contributed by atoms with Gasteiger partial charge in [0.2, 0.25) is 5.91 Å². The van der Waals surface area contributed by atoms with Crippen molar-refractivity contribution in [2.24, 2.45) is 5.92 Å². The second-order valence-corrected chi connectivity index (χ2v) is 9.44. The standard InChI is InChI=1S/C22H26BrNO4S/c1-13-7-9-17(16(23)11-13)28-10-4-5-19(25)24-21-20(22(26)27-3)15-8-6-14(2)12-18(15)29-21/h7,9,11,14H,4-6,8,10,12H2,1-3H3,(H,24,25). The van der Waals surface area contributed by atoms with Gasteiger partial charge in [-0.3, -0.25) is 4.79 Å². The molecule has 0 spiro atoms. The van der Waals surface area contributed by atoms with Crippen molar-refractivity contribution in [3.8, 4) is 5.75 Å². The molecule has 7 heteroatoms. The summed E-state index contributed by atoms with van der Waals surface area (Å²) in [4.78, 5) is 26.0. The third-order valence-corrected chi connectivity index (χ3v) is 6.84. The van der Waals surface area contributed by atoms with Crippen molar-refractivity contribution in [3.05, 3.63) is 44.2 Å². The van der Waals surface area contributed by atoms with E-state index in [1.54, 1.807) is 0 Å². The van der Waals surface area contributed by atoms with Crippen LogP contribution in [0.25, 0.3) is 0 Å². The summed E-state index contributed by atoms with van der Waals surface area (Å²) in [5.41, 5.74) is 2.73. The van der Waals surface area contributed by atoms with Crippen molar-refractivity contribution in [2.75, 3.05) is 19.0 Å². The molecule has 1 aromatic carbocycles. The highest BCUT2D eigenvalue weighted by Gasteiger charge is 2.28. The Morgan fingerprint density at radius 1 is 1.34 bits per heavy atom. The summed E-state index contributed by atoms with van der Waals surface area (Å²) < 4.78 is 11.6. The molecule has 0 fully saturated rings. The van der Waals surface area contributed by atoms with Gasteiger partial charge in [0.05, 0.1) is 23.8 Å². The molecule has 2 aromatic rings. The van der Waals surface area contributed by atoms with Crippen LogP contribution in [-0.4, -0.2) is 25.6 Å². The van der Waals surface area contributed by atoms with Gasteiger partial charge in [-0.05, 0) is 77.7 Å². The Labute approximate surface area is 183 Å². The van der Waals surface area contributed by atoms with Crippen molar-refractivity contribution in [3.63, 3.8) is 0 Å². The Bertz CT molecular complexity index is 908. The number of hydrogen-bond acceptors (Lipinski definition) is 5. The average molecular weight is 480 g/mol. The summed E-state index contributed by atoms with van der Waals surface area (Å²) in [7, 11) is 1.38. The number of anilines is 1. The first-order valence-corrected chi connectivity index (χ1v) is 11.4. The summed E-state index contributed by atoms with van der Waals surface area (Å²) in [6.07, 6.45) is 3.75. The van der Waals surface area contributed by atoms with Gasteiger partial charge in [-0.25, -0.2) is 4.79 Å². The average Bonchev–Trinajstić information content (AvgIpc) is 3.02. The number of hydrogen-bond donors (Lipinski definition) is 1. The van der Waals surface area contributed by atoms with Crippen molar-refractivity contribution >= 4 is 44.1 Å². The molecule has 1 unspecified atom stereocenters. The molecule has 1 atom stereocenters. The fraction of sp³-hybridized carbons (Fsp3) is 0.455. The maximum atomic E-state index is 12.5. The number of rotatable bonds is 7. The third kappa shape index (κ3) is 5.39. The van der Waals surface area contributed by atoms with E-state index in [4.69, 9.17) is 9.47 Å². The Morgan fingerprint density at radius 2 is 2.14 bits per heavy atom. The Hall–Kier alpha value is -1.86. The van der Waals surface area contributed by atoms with Gasteiger partial charge in [-0.1, -0.05) is 13.0 Å². The topological polar surface area (TPSA) is 64.6 Å². The molecule has 1 aliphatic rings. The Morgan fingerprint density at radius 3 is 2.86 bits per heavy atom. The highest BCUT2D eigenvalue weighted by molar-refractivity contribution is 9.10. The van der Waals surface area contributed by atoms with Gasteiger partial charge < -0.3 is 14.8 Å². The van der Waals surface area contributed by atoms with Gasteiger partial charge in [0.1, 0.15) is 10.8 Å². The summed E-state index contributed by atoms with van der Waals surface area (Å²) >= 11 is 4.99. The number of carbonyl (C=O) groups is 2. The Kier molecular flexibility index (Phi) is 7.35. The molecule has 0 saturated carbocycles. The van der Waals surface area contributed by atoms with Crippen LogP contribution in [0.1, 0.15) is 52.5 Å². The number of esters is 1. The minimum Gasteiger partial charge on any atom is -0.492 e. The van der Waals surface area contributed by atoms with Gasteiger partial charge in [-0.2, -0.15) is 0 Å². The van der Waals surface area contributed by atoms with Crippen LogP contribution in [0.15, 0.2) is 22.7 Å². The van der Waals surface area contributed by atoms with E-state index in [-0.39, 0.29) is 11.9 Å². The van der Waals surface area contributed by atoms with Crippen LogP contribution in [0.3, 0.4) is 0 Å². The van der Waals surface area contributed by atoms with E-state index in [9.17, 15) is 9.59 Å². The molecular formula is C22H26BrNO4S. The maximum absolute atomic E-state index is 12.5. The highest BCUT2D eigenvalue weighted by Crippen LogP contribution is 2.40. The Balaban J connectivity index is 1.58. The minimum absolute atomic E-state index is 0.117. The van der Waals surface area contributed by atoms with Crippen molar-refractivity contribution < 1.29 is 19.1 Å². The van der Waals surface area contributed by atoms with E-state index in [2.05, 4.69) is 28.2 Å². The van der Waals surface area contributed by atoms with Crippen LogP contribution in [0.2, 0.25) is 0 Å². The first-order chi connectivity index (χ1) is 13.9. The zero-order valence-electron chi connectivity index (χ0n) is 17.0. The molecule has 5 nitrogen and oxygen atoms in total. The molecule has 1 N–H and O–H groups in total. The second kappa shape index (κ2) is 9.76. The molecule has 1 aliphatic carbocycles. The normalized spacial score (nSPS) is 15.5. The number of carbonyl (C=O) groups excluding carboxylic acids is 2. The van der Waals surface area contributed by atoms with Gasteiger partial charge in [0.15, 0.2) is 0 Å². The predicted molar refractivity (Wildman–Crippen MR) is 119 cm³/mol. The van der Waals surface area contributed by atoms with Gasteiger partial charge in [0, 0.05) is 11.3 Å². The quantitative estimate of drug-likeness (QED) is 0.418. The summed E-state index contributed by atoms with van der Waals surface area (Å²) in [6.45, 7) is 4.67. The first kappa shape index (κ1) is 21.8. The van der Waals surface area contributed by atoms with E-state index >= 15 is 0 Å². The lowest BCUT2D eigenvalue weighted by Crippen LogP contribution is -2.16. The number of halogens is 1. The molecule has 0 radical (unpaired) electrons. The molecule has 0 aliphatic heterocycles. The molecule has 0 bridgehead atoms. The number of thiophene rings is 1. The number of methoxy groups -OCH3 is 1. The number of amides is 1. The van der Waals surface area contributed by atoms with Crippen molar-refractivity contribution in [1.29, 1.82) is 0 Å². The fourth-order valence-corrected chi connectivity index (χ4v) is 5.51. The smallest absolute Gasteiger partial charge is 0.341 e. The molecule has 0 saturated heterocycles. The molecule has 3 rings (SSSR count). The summed E-state index contributed by atoms with van der Waals surface area (Å²) in [5, 5.41) is 3.54. The van der Waals surface area contributed by atoms with Crippen LogP contribution >= 0.6 is 27.3 Å². The summed E-state index contributed by atoms with van der Waals surface area (Å²) in [5.74, 6) is 0.866. The van der Waals surface area contributed by atoms with Crippen molar-refractivity contribution in [1.82, 2.24) is 0 Å². The van der Waals surface area contributed by atoms with E-state index in [0.717, 1.165) is 40.6 Å². The number of benzene rings is 1. The zero-order valence-corrected chi connectivity index (χ0v) is 19.4. The van der Waals surface area contributed by atoms with Crippen LogP contribution in [0.5, 0.6) is 5.75 Å². The van der Waals surface area contributed by atoms with E-state index in [0.29, 0.717) is 35.9 Å². The van der Waals surface area contributed by atoms with E-state index in [1.807, 2.05) is 25.1 Å². The minimum atomic E-state index is -0.375. The number of fused-ring (bicyclic) bond motifs is 1. The first-order valence-electron chi connectivity index (χ1n) is 9.80. The number of aryl methyl sites for hydroxylation is 1. The molecule has 29 heavy (non-hydrogen) atoms. The molecule has 1 aromatic heterocycles. The largest absolute Gasteiger partial charge is 0.492 e. The third-order valence-electron chi connectivity index (χ3n) is 5.05. The monoisotopic (exact) mass is 479 g/mol. The SMILES string of the molecule is COC(=O)c1c(NC(=O)CCCOc2ccc(C)cc2Br)sc2c1CCC(C)C2. The van der Waals surface area contributed by atoms with Crippen molar-refractivity contribution in [2.45, 2.75) is 46.0 Å². The molecular weight excluding hydrogens is 454 g/mol. The molecule has 156 valence electrons. The van der Waals surface area contributed by atoms with Crippen LogP contribution in [0, 0.1) is 12.8 Å². The summed E-state index contributed by atoms with van der Waals surface area (Å²) in [6, 6.07) is 5.90. The number of ether oxygens (including phenoxy) is 2. The molecule has 1 amide bonds. The maximum Gasteiger partial charge on any atom is 0.341 e. The van der Waals surface area contributed by atoms with Gasteiger partial charge in [-0.15, -0.1) is 11.3 Å². The zero-order chi connectivity index (χ0) is 21.0. The predicted octanol–water partition coefficient (Wildman–Crippen LogP) is 5.53. The van der Waals surface area contributed by atoms with E-state index in [1.165, 1.54) is 23.3 Å². The van der Waals surface area contributed by atoms with Gasteiger partial charge in [0.25, 0.3) is 0 Å². The van der Waals surface area contributed by atoms with Gasteiger partial charge >= 0.3 is 5.97 Å². The van der Waals surface area contributed by atoms with E-state index < -0.39 is 0 Å². The lowest BCUT2D eigenvalue weighted by atomic mass is 9.88. The van der Waals surface area contributed by atoms with Crippen LogP contribution < -0.4 is 10.1 Å². The number of nitrogens with one attached hydrogen (secondary N) is 1. The second-order valence-electron chi connectivity index (χ2n) is 7.48. The highest BCUT2D eigenvalue weighted by atomic mass is 79.9. The van der Waals surface area contributed by atoms with Crippen LogP contribution in [0.4, 0.5) is 5.00 Å². The lowest BCUT2D eigenvalue weighted by molar-refractivity contribution is -0.116. The molecule has 1 heterocycles.